The van der Waals surface area contributed by atoms with Crippen LogP contribution in [0.1, 0.15) is 57.8 Å². The van der Waals surface area contributed by atoms with Gasteiger partial charge in [0.2, 0.25) is 0 Å². The van der Waals surface area contributed by atoms with Crippen LogP contribution >= 0.6 is 0 Å². The Hall–Kier alpha value is -1.21. The Morgan fingerprint density at radius 1 is 1.14 bits per heavy atom. The van der Waals surface area contributed by atoms with Gasteiger partial charge in [0.05, 0.1) is 6.61 Å². The molecule has 0 aliphatic carbocycles. The summed E-state index contributed by atoms with van der Waals surface area (Å²) in [4.78, 5) is 11.4. The van der Waals surface area contributed by atoms with Crippen molar-refractivity contribution in [2.75, 3.05) is 19.8 Å². The first-order valence-electron chi connectivity index (χ1n) is 10.2. The minimum atomic E-state index is -1.93. The van der Waals surface area contributed by atoms with Gasteiger partial charge in [-0.15, -0.1) is 0 Å². The topological polar surface area (TPSA) is 65.0 Å². The fourth-order valence-electron chi connectivity index (χ4n) is 2.23. The lowest BCUT2D eigenvalue weighted by atomic mass is 10.1. The smallest absolute Gasteiger partial charge is 0.192 e. The fraction of sp³-hybridized carbons (Fsp3) is 0.682. The summed E-state index contributed by atoms with van der Waals surface area (Å²) in [5, 5.41) is 10.7. The summed E-state index contributed by atoms with van der Waals surface area (Å²) < 4.78 is 17.9. The van der Waals surface area contributed by atoms with Crippen LogP contribution in [0.2, 0.25) is 18.1 Å². The fourth-order valence-corrected chi connectivity index (χ4v) is 3.25. The van der Waals surface area contributed by atoms with Gasteiger partial charge in [0.1, 0.15) is 24.6 Å². The van der Waals surface area contributed by atoms with Crippen LogP contribution in [-0.2, 0) is 9.16 Å². The van der Waals surface area contributed by atoms with Gasteiger partial charge in [0.25, 0.3) is 0 Å². The maximum atomic E-state index is 11.4. The largest absolute Gasteiger partial charge is 0.491 e. The molecular weight excluding hydrogens is 372 g/mol. The van der Waals surface area contributed by atoms with Gasteiger partial charge in [-0.3, -0.25) is 4.79 Å². The minimum Gasteiger partial charge on any atom is -0.491 e. The van der Waals surface area contributed by atoms with Crippen molar-refractivity contribution in [1.29, 1.82) is 0 Å². The maximum absolute atomic E-state index is 11.4. The lowest BCUT2D eigenvalue weighted by molar-refractivity contribution is -0.0742. The van der Waals surface area contributed by atoms with E-state index in [0.717, 1.165) is 12.8 Å². The van der Waals surface area contributed by atoms with E-state index in [1.807, 2.05) is 0 Å². The number of hydrogen-bond donors (Lipinski definition) is 1. The molecule has 0 radical (unpaired) electrons. The summed E-state index contributed by atoms with van der Waals surface area (Å²) in [6, 6.07) is 6.92. The maximum Gasteiger partial charge on any atom is 0.192 e. The van der Waals surface area contributed by atoms with E-state index in [2.05, 4.69) is 40.8 Å². The van der Waals surface area contributed by atoms with Gasteiger partial charge in [-0.2, -0.15) is 0 Å². The summed E-state index contributed by atoms with van der Waals surface area (Å²) in [7, 11) is -1.93. The van der Waals surface area contributed by atoms with Gasteiger partial charge in [0.15, 0.2) is 14.1 Å². The van der Waals surface area contributed by atoms with Gasteiger partial charge in [-0.1, -0.05) is 34.1 Å². The number of benzene rings is 1. The van der Waals surface area contributed by atoms with Crippen molar-refractivity contribution >= 4 is 14.1 Å². The van der Waals surface area contributed by atoms with Crippen LogP contribution in [0.4, 0.5) is 0 Å². The van der Waals surface area contributed by atoms with Crippen molar-refractivity contribution in [2.45, 2.75) is 77.8 Å². The zero-order valence-electron chi connectivity index (χ0n) is 18.6. The molecule has 0 bridgehead atoms. The van der Waals surface area contributed by atoms with Crippen LogP contribution in [0, 0.1) is 0 Å². The van der Waals surface area contributed by atoms with Crippen LogP contribution < -0.4 is 4.74 Å². The third-order valence-corrected chi connectivity index (χ3v) is 9.86. The third kappa shape index (κ3) is 8.03. The molecule has 0 saturated carbocycles. The predicted octanol–water partition coefficient (Wildman–Crippen LogP) is 4.84. The zero-order valence-corrected chi connectivity index (χ0v) is 19.6. The average Bonchev–Trinajstić information content (AvgIpc) is 2.62. The van der Waals surface area contributed by atoms with Crippen molar-refractivity contribution in [2.24, 2.45) is 0 Å². The molecule has 1 N–H and O–H groups in total. The molecule has 1 aromatic carbocycles. The summed E-state index contributed by atoms with van der Waals surface area (Å²) in [5.41, 5.74) is 0.636. The average molecular weight is 411 g/mol. The van der Waals surface area contributed by atoms with E-state index >= 15 is 0 Å². The van der Waals surface area contributed by atoms with Crippen molar-refractivity contribution < 1.29 is 23.8 Å². The van der Waals surface area contributed by atoms with Gasteiger partial charge in [0, 0.05) is 12.2 Å². The highest BCUT2D eigenvalue weighted by atomic mass is 28.4. The van der Waals surface area contributed by atoms with E-state index < -0.39 is 20.5 Å². The second-order valence-corrected chi connectivity index (χ2v) is 13.6. The molecule has 0 fully saturated rings. The van der Waals surface area contributed by atoms with Crippen molar-refractivity contribution in [1.82, 2.24) is 0 Å². The second-order valence-electron chi connectivity index (χ2n) is 8.79. The quantitative estimate of drug-likeness (QED) is 0.303. The molecule has 1 aromatic rings. The van der Waals surface area contributed by atoms with E-state index in [-0.39, 0.29) is 17.4 Å². The molecule has 6 heteroatoms. The first-order chi connectivity index (χ1) is 13.0. The SMILES string of the molecule is CCCCO[C@@H](CO[Si](C)(C)C(C)(C)C)[C@H](O)COc1ccc(C(C)=O)cc1. The molecule has 0 unspecified atom stereocenters. The van der Waals surface area contributed by atoms with E-state index in [4.69, 9.17) is 13.9 Å². The van der Waals surface area contributed by atoms with Crippen LogP contribution in [0.15, 0.2) is 24.3 Å². The molecule has 5 nitrogen and oxygen atoms in total. The van der Waals surface area contributed by atoms with Crippen molar-refractivity contribution in [3.05, 3.63) is 29.8 Å². The van der Waals surface area contributed by atoms with E-state index in [0.29, 0.717) is 24.5 Å². The molecule has 160 valence electrons. The first kappa shape index (κ1) is 24.8. The van der Waals surface area contributed by atoms with Crippen LogP contribution in [0.25, 0.3) is 0 Å². The minimum absolute atomic E-state index is 0.0127. The van der Waals surface area contributed by atoms with Crippen LogP contribution in [0.3, 0.4) is 0 Å². The number of hydrogen-bond acceptors (Lipinski definition) is 5. The number of Topliss-reactive ketones (excluding diaryl/α,β-unsaturated/α-hetero) is 1. The summed E-state index contributed by atoms with van der Waals surface area (Å²) >= 11 is 0. The van der Waals surface area contributed by atoms with Crippen LogP contribution in [0.5, 0.6) is 5.75 Å². The third-order valence-electron chi connectivity index (χ3n) is 5.36. The highest BCUT2D eigenvalue weighted by molar-refractivity contribution is 6.74. The number of carbonyl (C=O) groups is 1. The molecular formula is C22H38O5Si. The Bertz CT molecular complexity index is 592. The van der Waals surface area contributed by atoms with Gasteiger partial charge in [-0.25, -0.2) is 0 Å². The first-order valence-corrected chi connectivity index (χ1v) is 13.1. The van der Waals surface area contributed by atoms with E-state index in [1.54, 1.807) is 24.3 Å². The Balaban J connectivity index is 2.67. The molecule has 0 spiro atoms. The van der Waals surface area contributed by atoms with Gasteiger partial charge >= 0.3 is 0 Å². The monoisotopic (exact) mass is 410 g/mol. The van der Waals surface area contributed by atoms with E-state index in [9.17, 15) is 9.90 Å². The van der Waals surface area contributed by atoms with Gasteiger partial charge < -0.3 is 19.0 Å². The molecule has 0 aliphatic rings. The number of aliphatic hydroxyl groups excluding tert-OH is 1. The predicted molar refractivity (Wildman–Crippen MR) is 116 cm³/mol. The highest BCUT2D eigenvalue weighted by Gasteiger charge is 2.38. The summed E-state index contributed by atoms with van der Waals surface area (Å²) in [6.07, 6.45) is 0.743. The number of ketones is 1. The highest BCUT2D eigenvalue weighted by Crippen LogP contribution is 2.36. The lowest BCUT2D eigenvalue weighted by Gasteiger charge is -2.37. The molecule has 28 heavy (non-hydrogen) atoms. The number of aliphatic hydroxyl groups is 1. The van der Waals surface area contributed by atoms with Crippen molar-refractivity contribution in [3.8, 4) is 5.75 Å². The number of carbonyl (C=O) groups excluding carboxylic acids is 1. The number of unbranched alkanes of at least 4 members (excludes halogenated alkanes) is 1. The number of ether oxygens (including phenoxy) is 2. The van der Waals surface area contributed by atoms with Gasteiger partial charge in [-0.05, 0) is 55.7 Å². The molecule has 1 rings (SSSR count). The molecule has 0 amide bonds. The molecule has 0 aliphatic heterocycles. The van der Waals surface area contributed by atoms with Crippen LogP contribution in [-0.4, -0.2) is 51.2 Å². The summed E-state index contributed by atoms with van der Waals surface area (Å²) in [5.74, 6) is 0.625. The zero-order chi connectivity index (χ0) is 21.4. The standard InChI is InChI=1S/C22H38O5Si/c1-8-9-14-25-21(16-27-28(6,7)22(3,4)5)20(24)15-26-19-12-10-18(11-13-19)17(2)23/h10-13,20-21,24H,8-9,14-16H2,1-7H3/t20-,21+/m1/s1. The Morgan fingerprint density at radius 3 is 2.25 bits per heavy atom. The van der Waals surface area contributed by atoms with E-state index in [1.165, 1.54) is 6.92 Å². The number of rotatable bonds is 12. The second kappa shape index (κ2) is 11.1. The molecule has 2 atom stereocenters. The Labute approximate surface area is 171 Å². The Kier molecular flexibility index (Phi) is 9.84. The Morgan fingerprint density at radius 2 is 1.75 bits per heavy atom. The molecule has 0 saturated heterocycles. The molecule has 0 heterocycles. The normalized spacial score (nSPS) is 14.6. The molecule has 0 aromatic heterocycles. The summed E-state index contributed by atoms with van der Waals surface area (Å²) in [6.45, 7) is 15.6. The van der Waals surface area contributed by atoms with Crippen molar-refractivity contribution in [3.63, 3.8) is 0 Å². The lowest BCUT2D eigenvalue weighted by Crippen LogP contribution is -2.46.